The van der Waals surface area contributed by atoms with Gasteiger partial charge in [-0.25, -0.2) is 0 Å². The number of nitrogens with one attached hydrogen (secondary N) is 1. The molecule has 0 radical (unpaired) electrons. The molecule has 1 N–H and O–H groups in total. The maximum atomic E-state index is 3.57. The van der Waals surface area contributed by atoms with E-state index in [2.05, 4.69) is 31.2 Å². The fourth-order valence-corrected chi connectivity index (χ4v) is 4.30. The normalized spacial score (nSPS) is 34.4. The Morgan fingerprint density at radius 2 is 1.68 bits per heavy atom. The lowest BCUT2D eigenvalue weighted by atomic mass is 9.78. The molecule has 2 nitrogen and oxygen atoms in total. The Labute approximate surface area is 120 Å². The van der Waals surface area contributed by atoms with Crippen molar-refractivity contribution < 1.29 is 0 Å². The van der Waals surface area contributed by atoms with E-state index in [1.54, 1.807) is 0 Å². The summed E-state index contributed by atoms with van der Waals surface area (Å²) in [6.07, 6.45) is 12.9. The summed E-state index contributed by atoms with van der Waals surface area (Å²) in [6, 6.07) is 1.61. The minimum Gasteiger partial charge on any atom is -0.317 e. The van der Waals surface area contributed by atoms with Crippen molar-refractivity contribution in [3.05, 3.63) is 0 Å². The third kappa shape index (κ3) is 4.46. The van der Waals surface area contributed by atoms with Crippen LogP contribution in [0.15, 0.2) is 0 Å². The Bertz CT molecular complexity index is 246. The van der Waals surface area contributed by atoms with Crippen LogP contribution in [-0.2, 0) is 0 Å². The molecule has 0 bridgehead atoms. The second-order valence-electron chi connectivity index (χ2n) is 7.16. The van der Waals surface area contributed by atoms with Crippen LogP contribution in [-0.4, -0.2) is 37.6 Å². The Balaban J connectivity index is 1.86. The van der Waals surface area contributed by atoms with Crippen LogP contribution in [0.4, 0.5) is 0 Å². The highest BCUT2D eigenvalue weighted by Gasteiger charge is 2.29. The smallest absolute Gasteiger partial charge is 0.0105 e. The molecule has 112 valence electrons. The fourth-order valence-electron chi connectivity index (χ4n) is 4.30. The van der Waals surface area contributed by atoms with E-state index in [1.165, 1.54) is 64.3 Å². The highest BCUT2D eigenvalue weighted by atomic mass is 15.1. The molecule has 2 aliphatic carbocycles. The highest BCUT2D eigenvalue weighted by molar-refractivity contribution is 4.85. The number of hydrogen-bond donors (Lipinski definition) is 1. The summed E-state index contributed by atoms with van der Waals surface area (Å²) in [5.41, 5.74) is 0. The van der Waals surface area contributed by atoms with Crippen molar-refractivity contribution in [1.82, 2.24) is 10.2 Å². The van der Waals surface area contributed by atoms with E-state index < -0.39 is 0 Å². The first-order chi connectivity index (χ1) is 9.20. The molecular weight excluding hydrogens is 232 g/mol. The average molecular weight is 266 g/mol. The number of rotatable bonds is 4. The van der Waals surface area contributed by atoms with Crippen LogP contribution in [0, 0.1) is 11.8 Å². The van der Waals surface area contributed by atoms with Gasteiger partial charge in [0.25, 0.3) is 0 Å². The molecule has 3 atom stereocenters. The predicted molar refractivity (Wildman–Crippen MR) is 83.5 cm³/mol. The predicted octanol–water partition coefficient (Wildman–Crippen LogP) is 3.67. The van der Waals surface area contributed by atoms with Gasteiger partial charge in [-0.05, 0) is 58.0 Å². The van der Waals surface area contributed by atoms with E-state index in [9.17, 15) is 0 Å². The molecule has 2 heteroatoms. The Kier molecular flexibility index (Phi) is 6.15. The van der Waals surface area contributed by atoms with E-state index in [-0.39, 0.29) is 0 Å². The zero-order valence-corrected chi connectivity index (χ0v) is 13.3. The third-order valence-corrected chi connectivity index (χ3v) is 5.59. The van der Waals surface area contributed by atoms with Crippen LogP contribution in [0.25, 0.3) is 0 Å². The van der Waals surface area contributed by atoms with Gasteiger partial charge in [0, 0.05) is 18.6 Å². The second kappa shape index (κ2) is 7.64. The number of nitrogens with zero attached hydrogens (tertiary/aromatic N) is 1. The summed E-state index contributed by atoms with van der Waals surface area (Å²) in [7, 11) is 4.53. The first-order valence-corrected chi connectivity index (χ1v) is 8.58. The van der Waals surface area contributed by atoms with Crippen LogP contribution in [0.1, 0.15) is 64.7 Å². The molecule has 2 fully saturated rings. The fraction of sp³-hybridized carbons (Fsp3) is 1.00. The molecular formula is C17H34N2. The molecule has 2 rings (SSSR count). The zero-order chi connectivity index (χ0) is 13.7. The van der Waals surface area contributed by atoms with Crippen LogP contribution >= 0.6 is 0 Å². The van der Waals surface area contributed by atoms with Gasteiger partial charge in [-0.15, -0.1) is 0 Å². The summed E-state index contributed by atoms with van der Waals surface area (Å²) < 4.78 is 0. The van der Waals surface area contributed by atoms with Crippen molar-refractivity contribution in [2.24, 2.45) is 11.8 Å². The lowest BCUT2D eigenvalue weighted by Gasteiger charge is -2.39. The molecule has 3 unspecified atom stereocenters. The molecule has 0 amide bonds. The van der Waals surface area contributed by atoms with Crippen LogP contribution in [0.5, 0.6) is 0 Å². The molecule has 0 spiro atoms. The monoisotopic (exact) mass is 266 g/mol. The van der Waals surface area contributed by atoms with E-state index in [4.69, 9.17) is 0 Å². The summed E-state index contributed by atoms with van der Waals surface area (Å²) in [4.78, 5) is 2.69. The van der Waals surface area contributed by atoms with Gasteiger partial charge in [-0.3, -0.25) is 0 Å². The van der Waals surface area contributed by atoms with Crippen LogP contribution < -0.4 is 5.32 Å². The van der Waals surface area contributed by atoms with Gasteiger partial charge in [0.15, 0.2) is 0 Å². The van der Waals surface area contributed by atoms with Crippen LogP contribution in [0.2, 0.25) is 0 Å². The third-order valence-electron chi connectivity index (χ3n) is 5.59. The van der Waals surface area contributed by atoms with Gasteiger partial charge in [0.1, 0.15) is 0 Å². The summed E-state index contributed by atoms with van der Waals surface area (Å²) in [6.45, 7) is 3.74. The van der Waals surface area contributed by atoms with Crippen molar-refractivity contribution in [3.63, 3.8) is 0 Å². The summed E-state index contributed by atoms with van der Waals surface area (Å²) in [5.74, 6) is 1.79. The van der Waals surface area contributed by atoms with Gasteiger partial charge in [0.2, 0.25) is 0 Å². The Morgan fingerprint density at radius 1 is 1.00 bits per heavy atom. The zero-order valence-electron chi connectivity index (χ0n) is 13.3. The highest BCUT2D eigenvalue weighted by Crippen LogP contribution is 2.31. The lowest BCUT2D eigenvalue weighted by molar-refractivity contribution is 0.130. The molecule has 0 aromatic carbocycles. The van der Waals surface area contributed by atoms with Crippen molar-refractivity contribution in [1.29, 1.82) is 0 Å². The average Bonchev–Trinajstić information content (AvgIpc) is 2.68. The molecule has 2 saturated carbocycles. The molecule has 0 heterocycles. The van der Waals surface area contributed by atoms with Crippen LogP contribution in [0.3, 0.4) is 0 Å². The van der Waals surface area contributed by atoms with E-state index in [0.29, 0.717) is 0 Å². The van der Waals surface area contributed by atoms with Gasteiger partial charge >= 0.3 is 0 Å². The first-order valence-electron chi connectivity index (χ1n) is 8.58. The van der Waals surface area contributed by atoms with Crippen molar-refractivity contribution in [2.75, 3.05) is 20.6 Å². The van der Waals surface area contributed by atoms with Gasteiger partial charge in [-0.2, -0.15) is 0 Å². The Morgan fingerprint density at radius 3 is 2.32 bits per heavy atom. The second-order valence-corrected chi connectivity index (χ2v) is 7.16. The SMILES string of the molecule is CNC1CCC(C)CC1CN(C)C1CCCCCC1. The molecule has 0 aromatic rings. The molecule has 0 aromatic heterocycles. The summed E-state index contributed by atoms with van der Waals surface area (Å²) >= 11 is 0. The lowest BCUT2D eigenvalue weighted by Crippen LogP contribution is -2.45. The van der Waals surface area contributed by atoms with Gasteiger partial charge < -0.3 is 10.2 Å². The Hall–Kier alpha value is -0.0800. The largest absolute Gasteiger partial charge is 0.317 e. The molecule has 0 saturated heterocycles. The minimum atomic E-state index is 0.754. The molecule has 2 aliphatic rings. The number of hydrogen-bond acceptors (Lipinski definition) is 2. The quantitative estimate of drug-likeness (QED) is 0.781. The van der Waals surface area contributed by atoms with Crippen molar-refractivity contribution >= 4 is 0 Å². The van der Waals surface area contributed by atoms with E-state index in [1.807, 2.05) is 0 Å². The van der Waals surface area contributed by atoms with Gasteiger partial charge in [-0.1, -0.05) is 32.6 Å². The molecule has 0 aliphatic heterocycles. The van der Waals surface area contributed by atoms with Crippen molar-refractivity contribution in [3.8, 4) is 0 Å². The first kappa shape index (κ1) is 15.3. The van der Waals surface area contributed by atoms with E-state index >= 15 is 0 Å². The van der Waals surface area contributed by atoms with E-state index in [0.717, 1.165) is 23.9 Å². The van der Waals surface area contributed by atoms with Gasteiger partial charge in [0.05, 0.1) is 0 Å². The van der Waals surface area contributed by atoms with Crippen molar-refractivity contribution in [2.45, 2.75) is 76.8 Å². The molecule has 19 heavy (non-hydrogen) atoms. The standard InChI is InChI=1S/C17H34N2/c1-14-10-11-17(18-2)15(12-14)13-19(3)16-8-6-4-5-7-9-16/h14-18H,4-13H2,1-3H3. The topological polar surface area (TPSA) is 15.3 Å². The minimum absolute atomic E-state index is 0.754. The maximum absolute atomic E-state index is 3.57. The maximum Gasteiger partial charge on any atom is 0.0105 e. The summed E-state index contributed by atoms with van der Waals surface area (Å²) in [5, 5.41) is 3.57.